The topological polar surface area (TPSA) is 238 Å². The minimum Gasteiger partial charge on any atom is -0.508 e. The van der Waals surface area contributed by atoms with Crippen molar-refractivity contribution < 1.29 is 58.9 Å². The second kappa shape index (κ2) is 21.4. The van der Waals surface area contributed by atoms with Gasteiger partial charge in [0.15, 0.2) is 11.4 Å². The first kappa shape index (κ1) is 51.6. The lowest BCUT2D eigenvalue weighted by Crippen LogP contribution is -2.70. The molecule has 16 heteroatoms. The van der Waals surface area contributed by atoms with Gasteiger partial charge >= 0.3 is 0 Å². The quantitative estimate of drug-likeness (QED) is 0.0341. The lowest BCUT2D eigenvalue weighted by molar-refractivity contribution is -0.169. The molecule has 1 fully saturated rings. The molecule has 7 rings (SSSR count). The van der Waals surface area contributed by atoms with E-state index in [0.29, 0.717) is 12.0 Å². The van der Waals surface area contributed by atoms with Gasteiger partial charge in [-0.05, 0) is 118 Å². The number of likely N-dealkylation sites (N-methyl/N-ethyl adjacent to an activating group) is 1. The summed E-state index contributed by atoms with van der Waals surface area (Å²) in [6.45, 7) is 1.58. The number of aromatic hydroxyl groups is 1. The predicted octanol–water partition coefficient (Wildman–Crippen LogP) is 5.25. The van der Waals surface area contributed by atoms with E-state index < -0.39 is 88.7 Å². The molecule has 6 atom stereocenters. The summed E-state index contributed by atoms with van der Waals surface area (Å²) >= 11 is 0. The largest absolute Gasteiger partial charge is 0.508 e. The van der Waals surface area contributed by atoms with Crippen LogP contribution in [0.5, 0.6) is 23.0 Å². The van der Waals surface area contributed by atoms with Crippen LogP contribution in [0.3, 0.4) is 0 Å². The molecule has 4 aromatic carbocycles. The number of ketones is 2. The Morgan fingerprint density at radius 3 is 1.70 bits per heavy atom. The maximum Gasteiger partial charge on any atom is 0.255 e. The van der Waals surface area contributed by atoms with Gasteiger partial charge in [0.1, 0.15) is 63.3 Å². The number of primary amides is 1. The van der Waals surface area contributed by atoms with Gasteiger partial charge in [-0.15, -0.1) is 0 Å². The number of hydrogen-bond acceptors (Lipinski definition) is 13. The van der Waals surface area contributed by atoms with Gasteiger partial charge in [0.2, 0.25) is 11.7 Å². The zero-order chi connectivity index (χ0) is 50.7. The van der Waals surface area contributed by atoms with Crippen molar-refractivity contribution in [1.29, 1.82) is 0 Å². The highest BCUT2D eigenvalue weighted by atomic mass is 31.2. The van der Waals surface area contributed by atoms with Crippen molar-refractivity contribution in [2.45, 2.75) is 88.5 Å². The number of ether oxygens (including phenoxy) is 3. The molecule has 70 heavy (non-hydrogen) atoms. The lowest BCUT2D eigenvalue weighted by Gasteiger charge is -2.53. The summed E-state index contributed by atoms with van der Waals surface area (Å²) in [5.41, 5.74) is 1.46. The van der Waals surface area contributed by atoms with Crippen LogP contribution in [-0.2, 0) is 25.7 Å². The van der Waals surface area contributed by atoms with E-state index in [9.17, 15) is 44.7 Å². The number of methoxy groups -OCH3 is 3. The molecule has 0 bridgehead atoms. The van der Waals surface area contributed by atoms with Gasteiger partial charge in [0.25, 0.3) is 5.91 Å². The number of nitrogens with one attached hydrogen (secondary N) is 1. The van der Waals surface area contributed by atoms with Gasteiger partial charge in [-0.1, -0.05) is 44.7 Å². The zero-order valence-electron chi connectivity index (χ0n) is 40.6. The van der Waals surface area contributed by atoms with Crippen LogP contribution >= 0.6 is 7.26 Å². The number of nitrogens with two attached hydrogens (primary N) is 1. The van der Waals surface area contributed by atoms with Crippen molar-refractivity contribution in [2.24, 2.45) is 17.6 Å². The normalized spacial score (nSPS) is 22.0. The third-order valence-corrected chi connectivity index (χ3v) is 19.2. The summed E-state index contributed by atoms with van der Waals surface area (Å²) in [4.78, 5) is 54.5. The van der Waals surface area contributed by atoms with Crippen LogP contribution < -0.4 is 41.2 Å². The van der Waals surface area contributed by atoms with Crippen LogP contribution in [0.4, 0.5) is 0 Å². The third kappa shape index (κ3) is 9.28. The first-order valence-electron chi connectivity index (χ1n) is 23.7. The summed E-state index contributed by atoms with van der Waals surface area (Å²) in [7, 11) is 5.83. The Hall–Kier alpha value is -6.25. The highest BCUT2D eigenvalue weighted by molar-refractivity contribution is 7.95. The number of benzene rings is 4. The molecule has 372 valence electrons. The summed E-state index contributed by atoms with van der Waals surface area (Å²) in [5.74, 6) is -7.39. The molecular weight excluding hydrogens is 914 g/mol. The van der Waals surface area contributed by atoms with Crippen molar-refractivity contribution in [3.8, 4) is 23.0 Å². The first-order chi connectivity index (χ1) is 33.5. The fourth-order valence-electron chi connectivity index (χ4n) is 10.9. The van der Waals surface area contributed by atoms with E-state index >= 15 is 0 Å². The molecule has 3 aliphatic rings. The van der Waals surface area contributed by atoms with Gasteiger partial charge in [-0.2, -0.15) is 0 Å². The number of carbonyl (C=O) groups excluding carboxylic acids is 4. The van der Waals surface area contributed by atoms with Crippen molar-refractivity contribution in [3.05, 3.63) is 119 Å². The highest BCUT2D eigenvalue weighted by Crippen LogP contribution is 2.58. The predicted molar refractivity (Wildman–Crippen MR) is 269 cm³/mol. The van der Waals surface area contributed by atoms with Crippen molar-refractivity contribution >= 4 is 52.3 Å². The molecule has 0 spiro atoms. The molecule has 15 nitrogen and oxygen atoms in total. The van der Waals surface area contributed by atoms with Crippen molar-refractivity contribution in [2.75, 3.05) is 41.6 Å². The van der Waals surface area contributed by atoms with Crippen LogP contribution in [0.15, 0.2) is 102 Å². The maximum absolute atomic E-state index is 14.3. The van der Waals surface area contributed by atoms with E-state index in [-0.39, 0.29) is 30.0 Å². The summed E-state index contributed by atoms with van der Waals surface area (Å²) in [5, 5.41) is 64.9. The molecule has 8 N–H and O–H groups in total. The standard InChI is InChI=1S/C54H64N3O12P/c1-31-39-28-15-32(47(59)42(39)48(60)43-41(31)49(61)45-46(57(2)3)50(62)44(53(55)65)52(64)54(45,66)51(43)63)30-56-40(58)14-12-10-8-7-9-11-13-29-70(36-22-16-33(67-4)17-23-36,37-24-18-34(68-5)19-25-37)38-26-20-35(69-6)21-27-38/h15-28,31,41,45-46,49,61,66H,7-14,29-30H2,1-6H3,(H5-,55,56,58,59,60,62,63,64,65)/p+1/t31-,41+,45+,46-,49-,54-/m0/s1. The van der Waals surface area contributed by atoms with Crippen molar-refractivity contribution in [1.82, 2.24) is 10.2 Å². The first-order valence-corrected chi connectivity index (χ1v) is 25.7. The third-order valence-electron chi connectivity index (χ3n) is 14.6. The van der Waals surface area contributed by atoms with E-state index in [2.05, 4.69) is 41.7 Å². The number of amides is 2. The van der Waals surface area contributed by atoms with Gasteiger partial charge in [0.05, 0.1) is 51.1 Å². The Kier molecular flexibility index (Phi) is 15.8. The van der Waals surface area contributed by atoms with Crippen LogP contribution in [0.2, 0.25) is 0 Å². The molecule has 0 radical (unpaired) electrons. The molecule has 2 amide bonds. The number of fused-ring (bicyclic) bond motifs is 3. The van der Waals surface area contributed by atoms with Crippen molar-refractivity contribution in [3.63, 3.8) is 0 Å². The van der Waals surface area contributed by atoms with Gasteiger partial charge in [-0.3, -0.25) is 24.1 Å². The Morgan fingerprint density at radius 2 is 1.23 bits per heavy atom. The number of aliphatic hydroxyl groups is 4. The SMILES string of the molecule is COc1ccc([P+](CCCCCCCCCC(=O)NCc2ccc3c(c2O)C(O)=C2C(=O)[C@]4(O)C(O)=C(C(N)=O)C(=O)[C@@H](N(C)C)[C@@H]4[C@@H](O)[C@@H]2[C@H]3C)(c2ccc(OC)cc2)c2ccc(OC)cc2)cc1. The minimum atomic E-state index is -3.01. The average Bonchev–Trinajstić information content (AvgIpc) is 3.35. The Labute approximate surface area is 409 Å². The fourth-order valence-corrected chi connectivity index (χ4v) is 15.3. The molecule has 0 aliphatic heterocycles. The molecule has 3 aliphatic carbocycles. The van der Waals surface area contributed by atoms with E-state index in [1.165, 1.54) is 34.9 Å². The number of phenols is 1. The zero-order valence-corrected chi connectivity index (χ0v) is 41.5. The number of phenolic OH excluding ortho intramolecular Hbond substituents is 1. The highest BCUT2D eigenvalue weighted by Gasteiger charge is 2.68. The second-order valence-corrected chi connectivity index (χ2v) is 22.3. The summed E-state index contributed by atoms with van der Waals surface area (Å²) < 4.78 is 16.6. The smallest absolute Gasteiger partial charge is 0.255 e. The van der Waals surface area contributed by atoms with Crippen LogP contribution in [0.25, 0.3) is 5.76 Å². The second-order valence-electron chi connectivity index (χ2n) is 18.7. The maximum atomic E-state index is 14.3. The minimum absolute atomic E-state index is 0.0905. The average molecular weight is 979 g/mol. The van der Waals surface area contributed by atoms with E-state index in [0.717, 1.165) is 61.9 Å². The lowest BCUT2D eigenvalue weighted by atomic mass is 9.54. The number of aliphatic hydroxyl groups excluding tert-OH is 3. The number of unbranched alkanes of at least 4 members (excludes halogenated alkanes) is 6. The number of rotatable bonds is 20. The van der Waals surface area contributed by atoms with Crippen LogP contribution in [0, 0.1) is 11.8 Å². The molecule has 1 saturated carbocycles. The number of Topliss-reactive ketones (excluding diaryl/α,β-unsaturated/α-hetero) is 2. The number of carbonyl (C=O) groups is 4. The molecule has 4 aromatic rings. The van der Waals surface area contributed by atoms with Gasteiger partial charge in [-0.25, -0.2) is 0 Å². The number of nitrogens with zero attached hydrogens (tertiary/aromatic N) is 1. The van der Waals surface area contributed by atoms with E-state index in [1.807, 2.05) is 36.4 Å². The van der Waals surface area contributed by atoms with Gasteiger partial charge in [0, 0.05) is 30.0 Å². The van der Waals surface area contributed by atoms with Crippen LogP contribution in [-0.4, -0.2) is 113 Å². The molecule has 0 aromatic heterocycles. The summed E-state index contributed by atoms with van der Waals surface area (Å²) in [6.07, 6.45) is 6.19. The molecule has 0 heterocycles. The Morgan fingerprint density at radius 1 is 0.743 bits per heavy atom. The Balaban J connectivity index is 0.955. The van der Waals surface area contributed by atoms with Crippen LogP contribution in [0.1, 0.15) is 80.9 Å². The van der Waals surface area contributed by atoms with E-state index in [1.54, 1.807) is 40.4 Å². The monoisotopic (exact) mass is 978 g/mol. The molecular formula is C54H65N3O12P+. The number of hydrogen-bond donors (Lipinski definition) is 7. The molecule has 0 unspecified atom stereocenters. The molecule has 0 saturated heterocycles. The summed E-state index contributed by atoms with van der Waals surface area (Å²) in [6, 6.07) is 27.1. The fraction of sp³-hybridized carbons (Fsp3) is 0.407. The van der Waals surface area contributed by atoms with Gasteiger partial charge < -0.3 is 50.8 Å². The van der Waals surface area contributed by atoms with E-state index in [4.69, 9.17) is 19.9 Å². The Bertz CT molecular complexity index is 2550.